The van der Waals surface area contributed by atoms with Crippen molar-refractivity contribution in [1.29, 1.82) is 0 Å². The number of carbonyl (C=O) groups is 1. The van der Waals surface area contributed by atoms with E-state index in [2.05, 4.69) is 20.5 Å². The molecule has 0 radical (unpaired) electrons. The molecule has 1 saturated heterocycles. The summed E-state index contributed by atoms with van der Waals surface area (Å²) in [6.07, 6.45) is 3.23. The molecular formula is C16H20ClN5O2. The van der Waals surface area contributed by atoms with Crippen molar-refractivity contribution >= 4 is 23.3 Å². The Morgan fingerprint density at radius 3 is 2.92 bits per heavy atom. The Morgan fingerprint density at radius 1 is 1.46 bits per heavy atom. The number of anilines is 1. The quantitative estimate of drug-likeness (QED) is 0.887. The molecule has 1 aromatic heterocycles. The normalized spacial score (nSPS) is 15.3. The number of nitrogens with zero attached hydrogens (tertiary/aromatic N) is 3. The minimum Gasteiger partial charge on any atom is -0.490 e. The molecule has 8 heteroatoms. The van der Waals surface area contributed by atoms with Crippen LogP contribution in [-0.2, 0) is 0 Å². The Morgan fingerprint density at radius 2 is 2.25 bits per heavy atom. The van der Waals surface area contributed by atoms with Crippen LogP contribution in [0, 0.1) is 0 Å². The number of aromatic nitrogens is 3. The first-order chi connectivity index (χ1) is 11.7. The zero-order chi connectivity index (χ0) is 16.9. The molecule has 128 valence electrons. The van der Waals surface area contributed by atoms with E-state index in [9.17, 15) is 4.79 Å². The van der Waals surface area contributed by atoms with Crippen molar-refractivity contribution in [2.45, 2.75) is 25.7 Å². The molecule has 1 aliphatic heterocycles. The Hall–Kier alpha value is -2.28. The number of hydrogen-bond acceptors (Lipinski definition) is 4. The number of rotatable bonds is 4. The summed E-state index contributed by atoms with van der Waals surface area (Å²) in [6.45, 7) is 3.70. The summed E-state index contributed by atoms with van der Waals surface area (Å²) in [4.78, 5) is 18.5. The SMILES string of the molecule is CCOc1c(Cl)cccc1NC(=O)N1CCC(c2ncn[nH]2)CC1. The van der Waals surface area contributed by atoms with Gasteiger partial charge in [0.15, 0.2) is 5.75 Å². The molecule has 0 aliphatic carbocycles. The van der Waals surface area contributed by atoms with E-state index < -0.39 is 0 Å². The number of ether oxygens (including phenoxy) is 1. The molecule has 3 rings (SSSR count). The van der Waals surface area contributed by atoms with E-state index in [1.165, 1.54) is 6.33 Å². The van der Waals surface area contributed by atoms with Gasteiger partial charge in [0.25, 0.3) is 0 Å². The minimum absolute atomic E-state index is 0.144. The number of carbonyl (C=O) groups excluding carboxylic acids is 1. The van der Waals surface area contributed by atoms with E-state index in [0.29, 0.717) is 42.1 Å². The molecule has 2 amide bonds. The van der Waals surface area contributed by atoms with Gasteiger partial charge < -0.3 is 15.0 Å². The van der Waals surface area contributed by atoms with Crippen LogP contribution in [-0.4, -0.2) is 45.8 Å². The standard InChI is InChI=1S/C16H20ClN5O2/c1-2-24-14-12(17)4-3-5-13(14)20-16(23)22-8-6-11(7-9-22)15-18-10-19-21-15/h3-5,10-11H,2,6-9H2,1H3,(H,20,23)(H,18,19,21). The van der Waals surface area contributed by atoms with Crippen molar-refractivity contribution < 1.29 is 9.53 Å². The van der Waals surface area contributed by atoms with Crippen LogP contribution in [0.15, 0.2) is 24.5 Å². The molecule has 2 heterocycles. The third-order valence-corrected chi connectivity index (χ3v) is 4.40. The summed E-state index contributed by atoms with van der Waals surface area (Å²) in [5.41, 5.74) is 0.590. The van der Waals surface area contributed by atoms with Crippen molar-refractivity contribution in [2.75, 3.05) is 25.0 Å². The molecule has 2 aromatic rings. The number of likely N-dealkylation sites (tertiary alicyclic amines) is 1. The molecule has 0 unspecified atom stereocenters. The van der Waals surface area contributed by atoms with E-state index in [4.69, 9.17) is 16.3 Å². The van der Waals surface area contributed by atoms with E-state index in [1.54, 1.807) is 23.1 Å². The number of para-hydroxylation sites is 1. The average molecular weight is 350 g/mol. The van der Waals surface area contributed by atoms with Crippen LogP contribution >= 0.6 is 11.6 Å². The van der Waals surface area contributed by atoms with Crippen molar-refractivity contribution in [1.82, 2.24) is 20.1 Å². The van der Waals surface area contributed by atoms with Crippen molar-refractivity contribution in [2.24, 2.45) is 0 Å². The van der Waals surface area contributed by atoms with Gasteiger partial charge in [-0.25, -0.2) is 9.78 Å². The topological polar surface area (TPSA) is 83.1 Å². The number of H-pyrrole nitrogens is 1. The molecule has 24 heavy (non-hydrogen) atoms. The lowest BCUT2D eigenvalue weighted by Crippen LogP contribution is -2.40. The molecule has 0 bridgehead atoms. The predicted octanol–water partition coefficient (Wildman–Crippen LogP) is 3.27. The Labute approximate surface area is 145 Å². The van der Waals surface area contributed by atoms with E-state index in [0.717, 1.165) is 18.7 Å². The van der Waals surface area contributed by atoms with Crippen LogP contribution in [0.1, 0.15) is 31.5 Å². The van der Waals surface area contributed by atoms with Crippen LogP contribution < -0.4 is 10.1 Å². The summed E-state index contributed by atoms with van der Waals surface area (Å²) >= 11 is 6.15. The lowest BCUT2D eigenvalue weighted by Gasteiger charge is -2.31. The Bertz CT molecular complexity index is 684. The average Bonchev–Trinajstić information content (AvgIpc) is 3.13. The molecular weight excluding hydrogens is 330 g/mol. The molecule has 2 N–H and O–H groups in total. The summed E-state index contributed by atoms with van der Waals surface area (Å²) < 4.78 is 5.54. The Balaban J connectivity index is 1.61. The summed E-state index contributed by atoms with van der Waals surface area (Å²) in [5.74, 6) is 1.72. The highest BCUT2D eigenvalue weighted by atomic mass is 35.5. The van der Waals surface area contributed by atoms with Gasteiger partial charge in [-0.05, 0) is 31.9 Å². The highest BCUT2D eigenvalue weighted by molar-refractivity contribution is 6.32. The zero-order valence-corrected chi connectivity index (χ0v) is 14.2. The van der Waals surface area contributed by atoms with E-state index >= 15 is 0 Å². The van der Waals surface area contributed by atoms with Gasteiger partial charge >= 0.3 is 6.03 Å². The maximum absolute atomic E-state index is 12.5. The fourth-order valence-electron chi connectivity index (χ4n) is 2.86. The number of urea groups is 1. The van der Waals surface area contributed by atoms with Gasteiger partial charge in [0.05, 0.1) is 17.3 Å². The highest BCUT2D eigenvalue weighted by Gasteiger charge is 2.26. The second-order valence-corrected chi connectivity index (χ2v) is 6.02. The highest BCUT2D eigenvalue weighted by Crippen LogP contribution is 2.33. The number of piperidine rings is 1. The van der Waals surface area contributed by atoms with E-state index in [-0.39, 0.29) is 6.03 Å². The van der Waals surface area contributed by atoms with Gasteiger partial charge in [-0.15, -0.1) is 0 Å². The lowest BCUT2D eigenvalue weighted by molar-refractivity contribution is 0.193. The number of nitrogens with one attached hydrogen (secondary N) is 2. The van der Waals surface area contributed by atoms with E-state index in [1.807, 2.05) is 6.92 Å². The van der Waals surface area contributed by atoms with Crippen molar-refractivity contribution in [3.63, 3.8) is 0 Å². The third kappa shape index (κ3) is 3.62. The maximum atomic E-state index is 12.5. The first kappa shape index (κ1) is 16.6. The van der Waals surface area contributed by atoms with Crippen LogP contribution in [0.3, 0.4) is 0 Å². The van der Waals surface area contributed by atoms with Gasteiger partial charge in [0, 0.05) is 19.0 Å². The molecule has 1 fully saturated rings. The number of benzene rings is 1. The molecule has 0 atom stereocenters. The van der Waals surface area contributed by atoms with Crippen molar-refractivity contribution in [3.05, 3.63) is 35.4 Å². The fraction of sp³-hybridized carbons (Fsp3) is 0.438. The minimum atomic E-state index is -0.144. The second-order valence-electron chi connectivity index (χ2n) is 5.61. The monoisotopic (exact) mass is 349 g/mol. The lowest BCUT2D eigenvalue weighted by atomic mass is 9.96. The van der Waals surface area contributed by atoms with Gasteiger partial charge in [0.2, 0.25) is 0 Å². The number of hydrogen-bond donors (Lipinski definition) is 2. The summed E-state index contributed by atoms with van der Waals surface area (Å²) in [6, 6.07) is 5.17. The Kier molecular flexibility index (Phi) is 5.20. The second kappa shape index (κ2) is 7.53. The van der Waals surface area contributed by atoms with Crippen LogP contribution in [0.2, 0.25) is 5.02 Å². The van der Waals surface area contributed by atoms with Gasteiger partial charge in [-0.2, -0.15) is 5.10 Å². The maximum Gasteiger partial charge on any atom is 0.321 e. The molecule has 0 saturated carbocycles. The number of amides is 2. The summed E-state index contributed by atoms with van der Waals surface area (Å²) in [5, 5.41) is 10.2. The molecule has 0 spiro atoms. The third-order valence-electron chi connectivity index (χ3n) is 4.10. The molecule has 7 nitrogen and oxygen atoms in total. The first-order valence-corrected chi connectivity index (χ1v) is 8.39. The van der Waals surface area contributed by atoms with Crippen LogP contribution in [0.4, 0.5) is 10.5 Å². The smallest absolute Gasteiger partial charge is 0.321 e. The van der Waals surface area contributed by atoms with Gasteiger partial charge in [0.1, 0.15) is 12.2 Å². The van der Waals surface area contributed by atoms with Crippen LogP contribution in [0.25, 0.3) is 0 Å². The predicted molar refractivity (Wildman–Crippen MR) is 91.6 cm³/mol. The molecule has 1 aliphatic rings. The number of halogens is 1. The van der Waals surface area contributed by atoms with Gasteiger partial charge in [-0.3, -0.25) is 5.10 Å². The van der Waals surface area contributed by atoms with Crippen LogP contribution in [0.5, 0.6) is 5.75 Å². The zero-order valence-electron chi connectivity index (χ0n) is 13.5. The van der Waals surface area contributed by atoms with Gasteiger partial charge in [-0.1, -0.05) is 17.7 Å². The molecule has 1 aromatic carbocycles. The fourth-order valence-corrected chi connectivity index (χ4v) is 3.09. The number of aromatic amines is 1. The van der Waals surface area contributed by atoms with Crippen molar-refractivity contribution in [3.8, 4) is 5.75 Å². The first-order valence-electron chi connectivity index (χ1n) is 8.01. The summed E-state index contributed by atoms with van der Waals surface area (Å²) in [7, 11) is 0. The largest absolute Gasteiger partial charge is 0.490 e.